The smallest absolute Gasteiger partial charge is 0.342 e. The molecule has 0 saturated heterocycles. The number of carbonyl (C=O) groups is 1. The Morgan fingerprint density at radius 2 is 2.03 bits per heavy atom. The van der Waals surface area contributed by atoms with Gasteiger partial charge in [-0.25, -0.2) is 4.79 Å². The number of halogens is 2. The third kappa shape index (κ3) is 5.78. The van der Waals surface area contributed by atoms with Crippen LogP contribution in [0.1, 0.15) is 12.5 Å². The Morgan fingerprint density at radius 1 is 1.29 bits per heavy atom. The van der Waals surface area contributed by atoms with Crippen LogP contribution >= 0.6 is 39.3 Å². The molecule has 0 fully saturated rings. The highest BCUT2D eigenvalue weighted by Gasteiger charge is 2.18. The average Bonchev–Trinajstić information content (AvgIpc) is 3.15. The number of aliphatic carboxylic acids is 1. The van der Waals surface area contributed by atoms with Crippen LogP contribution in [0.25, 0.3) is 17.5 Å². The Morgan fingerprint density at radius 3 is 2.65 bits per heavy atom. The van der Waals surface area contributed by atoms with E-state index in [0.717, 1.165) is 21.8 Å². The number of benzene rings is 2. The topological polar surface area (TPSA) is 77.2 Å². The molecule has 0 aliphatic rings. The fourth-order valence-electron chi connectivity index (χ4n) is 2.72. The van der Waals surface area contributed by atoms with E-state index in [0.29, 0.717) is 40.5 Å². The van der Waals surface area contributed by atoms with Gasteiger partial charge in [-0.2, -0.15) is 0 Å². The van der Waals surface area contributed by atoms with E-state index in [1.807, 2.05) is 23.6 Å². The van der Waals surface area contributed by atoms with E-state index in [-0.39, 0.29) is 4.91 Å². The zero-order valence-corrected chi connectivity index (χ0v) is 19.7. The summed E-state index contributed by atoms with van der Waals surface area (Å²) in [6.07, 6.45) is 3.24. The number of hydrogen-bond acceptors (Lipinski definition) is 5. The SMILES string of the molecule is C=CCOc1ccc(/C=C(\Sc2nnc(-c3ccc(Cl)cc3)n2CC)C(=O)O)cc1Br. The van der Waals surface area contributed by atoms with Gasteiger partial charge in [0, 0.05) is 17.1 Å². The van der Waals surface area contributed by atoms with E-state index in [9.17, 15) is 9.90 Å². The minimum absolute atomic E-state index is 0.122. The Kier molecular flexibility index (Phi) is 7.95. The van der Waals surface area contributed by atoms with E-state index in [1.54, 1.807) is 42.5 Å². The molecule has 2 aromatic carbocycles. The van der Waals surface area contributed by atoms with Crippen LogP contribution in [-0.2, 0) is 11.3 Å². The first-order valence-corrected chi connectivity index (χ1v) is 11.3. The van der Waals surface area contributed by atoms with Gasteiger partial charge in [0.15, 0.2) is 11.0 Å². The van der Waals surface area contributed by atoms with Crippen molar-refractivity contribution in [2.45, 2.75) is 18.6 Å². The molecule has 1 N–H and O–H groups in total. The number of carboxylic acids is 1. The predicted molar refractivity (Wildman–Crippen MR) is 127 cm³/mol. The van der Waals surface area contributed by atoms with E-state index in [1.165, 1.54) is 0 Å². The molecule has 31 heavy (non-hydrogen) atoms. The number of rotatable bonds is 9. The molecular formula is C22H19BrClN3O3S. The van der Waals surface area contributed by atoms with Crippen molar-refractivity contribution >= 4 is 51.3 Å². The van der Waals surface area contributed by atoms with Gasteiger partial charge in [0.1, 0.15) is 17.3 Å². The second-order valence-electron chi connectivity index (χ2n) is 6.26. The highest BCUT2D eigenvalue weighted by Crippen LogP contribution is 2.32. The molecule has 0 atom stereocenters. The number of ether oxygens (including phenoxy) is 1. The molecule has 1 heterocycles. The lowest BCUT2D eigenvalue weighted by molar-refractivity contribution is -0.131. The zero-order chi connectivity index (χ0) is 22.4. The maximum atomic E-state index is 11.9. The van der Waals surface area contributed by atoms with Crippen molar-refractivity contribution in [2.24, 2.45) is 0 Å². The molecule has 0 radical (unpaired) electrons. The van der Waals surface area contributed by atoms with E-state index < -0.39 is 5.97 Å². The van der Waals surface area contributed by atoms with Crippen molar-refractivity contribution < 1.29 is 14.6 Å². The Balaban J connectivity index is 1.90. The minimum atomic E-state index is -1.05. The van der Waals surface area contributed by atoms with Gasteiger partial charge in [0.05, 0.1) is 4.47 Å². The van der Waals surface area contributed by atoms with E-state index in [4.69, 9.17) is 16.3 Å². The van der Waals surface area contributed by atoms with Crippen LogP contribution in [0, 0.1) is 0 Å². The lowest BCUT2D eigenvalue weighted by Crippen LogP contribution is -2.02. The summed E-state index contributed by atoms with van der Waals surface area (Å²) >= 11 is 10.5. The van der Waals surface area contributed by atoms with Crippen LogP contribution in [0.2, 0.25) is 5.02 Å². The molecule has 0 spiro atoms. The van der Waals surface area contributed by atoms with Crippen LogP contribution in [0.3, 0.4) is 0 Å². The largest absolute Gasteiger partial charge is 0.488 e. The summed E-state index contributed by atoms with van der Waals surface area (Å²) in [5.41, 5.74) is 1.56. The van der Waals surface area contributed by atoms with Crippen LogP contribution in [0.4, 0.5) is 0 Å². The molecule has 0 amide bonds. The van der Waals surface area contributed by atoms with E-state index >= 15 is 0 Å². The average molecular weight is 521 g/mol. The standard InChI is InChI=1S/C22H19BrClN3O3S/c1-3-11-30-18-10-5-14(12-17(18)23)13-19(21(28)29)31-22-26-25-20(27(22)4-2)15-6-8-16(24)9-7-15/h3,5-10,12-13H,1,4,11H2,2H3,(H,28,29)/b19-13-. The molecule has 0 aliphatic heterocycles. The van der Waals surface area contributed by atoms with E-state index in [2.05, 4.69) is 32.7 Å². The summed E-state index contributed by atoms with van der Waals surface area (Å²) in [6.45, 7) is 6.54. The fraction of sp³-hybridized carbons (Fsp3) is 0.136. The second kappa shape index (κ2) is 10.7. The number of hydrogen-bond donors (Lipinski definition) is 1. The molecule has 3 aromatic rings. The molecule has 1 aromatic heterocycles. The first-order valence-electron chi connectivity index (χ1n) is 9.28. The fourth-order valence-corrected chi connectivity index (χ4v) is 4.24. The molecule has 9 heteroatoms. The number of aromatic nitrogens is 3. The van der Waals surface area contributed by atoms with Crippen LogP contribution in [0.15, 0.2) is 69.7 Å². The van der Waals surface area contributed by atoms with Crippen LogP contribution in [0.5, 0.6) is 5.75 Å². The Hall–Kier alpha value is -2.55. The van der Waals surface area contributed by atoms with Crippen molar-refractivity contribution in [3.05, 3.63) is 75.1 Å². The van der Waals surface area contributed by atoms with Crippen molar-refractivity contribution in [2.75, 3.05) is 6.61 Å². The summed E-state index contributed by atoms with van der Waals surface area (Å²) in [6, 6.07) is 12.6. The normalized spacial score (nSPS) is 11.4. The minimum Gasteiger partial charge on any atom is -0.488 e. The first kappa shape index (κ1) is 23.1. The number of thioether (sulfide) groups is 1. The van der Waals surface area contributed by atoms with Gasteiger partial charge < -0.3 is 14.4 Å². The van der Waals surface area contributed by atoms with Gasteiger partial charge in [0.25, 0.3) is 0 Å². The van der Waals surface area contributed by atoms with Crippen LogP contribution in [-0.4, -0.2) is 32.4 Å². The predicted octanol–water partition coefficient (Wildman–Crippen LogP) is 6.16. The molecule has 0 bridgehead atoms. The number of nitrogens with zero attached hydrogens (tertiary/aromatic N) is 3. The third-order valence-electron chi connectivity index (χ3n) is 4.16. The van der Waals surface area contributed by atoms with Gasteiger partial charge in [-0.05, 0) is 82.7 Å². The lowest BCUT2D eigenvalue weighted by Gasteiger charge is -2.09. The Labute approximate surface area is 197 Å². The monoisotopic (exact) mass is 519 g/mol. The molecule has 160 valence electrons. The highest BCUT2D eigenvalue weighted by molar-refractivity contribution is 9.10. The first-order chi connectivity index (χ1) is 14.9. The summed E-state index contributed by atoms with van der Waals surface area (Å²) in [5.74, 6) is 0.254. The second-order valence-corrected chi connectivity index (χ2v) is 8.56. The number of carboxylic acid groups (broad SMARTS) is 1. The molecule has 0 unspecified atom stereocenters. The van der Waals surface area contributed by atoms with Crippen molar-refractivity contribution in [3.8, 4) is 17.1 Å². The highest BCUT2D eigenvalue weighted by atomic mass is 79.9. The Bertz CT molecular complexity index is 1130. The van der Waals surface area contributed by atoms with Gasteiger partial charge in [-0.3, -0.25) is 0 Å². The van der Waals surface area contributed by atoms with Crippen LogP contribution < -0.4 is 4.74 Å². The molecule has 0 aliphatic carbocycles. The zero-order valence-electron chi connectivity index (χ0n) is 16.6. The quantitative estimate of drug-likeness (QED) is 0.207. The van der Waals surface area contributed by atoms with Gasteiger partial charge >= 0.3 is 5.97 Å². The molecule has 3 rings (SSSR count). The van der Waals surface area contributed by atoms with Gasteiger partial charge in [0.2, 0.25) is 0 Å². The van der Waals surface area contributed by atoms with Gasteiger partial charge in [-0.15, -0.1) is 10.2 Å². The summed E-state index contributed by atoms with van der Waals surface area (Å²) < 4.78 is 8.12. The van der Waals surface area contributed by atoms with Crippen molar-refractivity contribution in [1.29, 1.82) is 0 Å². The maximum absolute atomic E-state index is 11.9. The summed E-state index contributed by atoms with van der Waals surface area (Å²) in [7, 11) is 0. The molecular weight excluding hydrogens is 502 g/mol. The third-order valence-corrected chi connectivity index (χ3v) is 6.03. The van der Waals surface area contributed by atoms with Gasteiger partial charge in [-0.1, -0.05) is 30.3 Å². The summed E-state index contributed by atoms with van der Waals surface area (Å²) in [4.78, 5) is 12.0. The van der Waals surface area contributed by atoms with Crippen molar-refractivity contribution in [3.63, 3.8) is 0 Å². The lowest BCUT2D eigenvalue weighted by atomic mass is 10.2. The molecule has 0 saturated carbocycles. The maximum Gasteiger partial charge on any atom is 0.342 e. The van der Waals surface area contributed by atoms with Crippen molar-refractivity contribution in [1.82, 2.24) is 14.8 Å². The molecule has 6 nitrogen and oxygen atoms in total. The summed E-state index contributed by atoms with van der Waals surface area (Å²) in [5, 5.41) is 19.3.